The van der Waals surface area contributed by atoms with Crippen molar-refractivity contribution < 1.29 is 4.79 Å². The first-order valence-electron chi connectivity index (χ1n) is 9.71. The molecule has 0 aliphatic carbocycles. The first-order chi connectivity index (χ1) is 14.1. The molecule has 2 heterocycles. The van der Waals surface area contributed by atoms with E-state index in [1.165, 1.54) is 5.56 Å². The van der Waals surface area contributed by atoms with Crippen molar-refractivity contribution in [2.75, 3.05) is 42.9 Å². The average Bonchev–Trinajstić information content (AvgIpc) is 3.19. The number of aryl methyl sites for hydroxylation is 1. The van der Waals surface area contributed by atoms with Crippen LogP contribution in [0.2, 0.25) is 5.02 Å². The van der Waals surface area contributed by atoms with Gasteiger partial charge in [0.25, 0.3) is 0 Å². The first-order valence-corrected chi connectivity index (χ1v) is 10.1. The van der Waals surface area contributed by atoms with Crippen LogP contribution in [0.4, 0.5) is 11.6 Å². The largest absolute Gasteiger partial charge is 0.339 e. The lowest BCUT2D eigenvalue weighted by atomic mass is 10.2. The fraction of sp³-hybridized carbons (Fsp3) is 0.273. The molecule has 3 aromatic rings. The van der Waals surface area contributed by atoms with E-state index in [0.29, 0.717) is 11.6 Å². The molecule has 0 bridgehead atoms. The van der Waals surface area contributed by atoms with E-state index in [9.17, 15) is 4.79 Å². The summed E-state index contributed by atoms with van der Waals surface area (Å²) in [6.07, 6.45) is 3.82. The summed E-state index contributed by atoms with van der Waals surface area (Å²) in [6, 6.07) is 15.6. The SMILES string of the molecule is Cc1ccc(-n2ccnc2N2CCN(CC(=O)Nc3cccc(Cl)c3)CC2)cc1. The zero-order valence-corrected chi connectivity index (χ0v) is 17.1. The molecule has 150 valence electrons. The second-order valence-corrected chi connectivity index (χ2v) is 7.69. The van der Waals surface area contributed by atoms with Crippen LogP contribution in [0.5, 0.6) is 0 Å². The quantitative estimate of drug-likeness (QED) is 0.699. The molecule has 2 aromatic carbocycles. The van der Waals surface area contributed by atoms with Gasteiger partial charge in [0.05, 0.1) is 6.54 Å². The van der Waals surface area contributed by atoms with Gasteiger partial charge in [-0.25, -0.2) is 4.98 Å². The van der Waals surface area contributed by atoms with E-state index in [1.807, 2.05) is 24.5 Å². The topological polar surface area (TPSA) is 53.4 Å². The molecule has 0 spiro atoms. The fourth-order valence-electron chi connectivity index (χ4n) is 3.51. The summed E-state index contributed by atoms with van der Waals surface area (Å²) in [5.74, 6) is 0.916. The van der Waals surface area contributed by atoms with Crippen molar-refractivity contribution in [3.8, 4) is 5.69 Å². The van der Waals surface area contributed by atoms with Crippen LogP contribution in [0.3, 0.4) is 0 Å². The molecule has 1 fully saturated rings. The summed E-state index contributed by atoms with van der Waals surface area (Å²) in [5.41, 5.74) is 3.06. The maximum atomic E-state index is 12.3. The molecule has 1 N–H and O–H groups in total. The van der Waals surface area contributed by atoms with E-state index in [0.717, 1.165) is 43.5 Å². The van der Waals surface area contributed by atoms with Gasteiger partial charge < -0.3 is 10.2 Å². The Balaban J connectivity index is 1.34. The van der Waals surface area contributed by atoms with Crippen LogP contribution in [-0.4, -0.2) is 53.1 Å². The number of aromatic nitrogens is 2. The van der Waals surface area contributed by atoms with Gasteiger partial charge in [-0.2, -0.15) is 0 Å². The van der Waals surface area contributed by atoms with Crippen molar-refractivity contribution in [1.29, 1.82) is 0 Å². The maximum Gasteiger partial charge on any atom is 0.238 e. The minimum atomic E-state index is -0.0260. The molecule has 1 saturated heterocycles. The van der Waals surface area contributed by atoms with Crippen LogP contribution in [-0.2, 0) is 4.79 Å². The Morgan fingerprint density at radius 2 is 1.86 bits per heavy atom. The number of hydrogen-bond donors (Lipinski definition) is 1. The van der Waals surface area contributed by atoms with Gasteiger partial charge in [-0.3, -0.25) is 14.3 Å². The van der Waals surface area contributed by atoms with Crippen LogP contribution >= 0.6 is 11.6 Å². The maximum absolute atomic E-state index is 12.3. The summed E-state index contributed by atoms with van der Waals surface area (Å²) in [5, 5.41) is 3.52. The number of benzene rings is 2. The lowest BCUT2D eigenvalue weighted by molar-refractivity contribution is -0.117. The molecule has 1 aliphatic rings. The number of rotatable bonds is 5. The van der Waals surface area contributed by atoms with Gasteiger partial charge in [0.15, 0.2) is 0 Å². The lowest BCUT2D eigenvalue weighted by Gasteiger charge is -2.35. The third-order valence-electron chi connectivity index (χ3n) is 5.06. The van der Waals surface area contributed by atoms with Crippen molar-refractivity contribution in [3.63, 3.8) is 0 Å². The molecular weight excluding hydrogens is 386 g/mol. The zero-order valence-electron chi connectivity index (χ0n) is 16.4. The van der Waals surface area contributed by atoms with Crippen LogP contribution in [0.25, 0.3) is 5.69 Å². The number of imidazole rings is 1. The van der Waals surface area contributed by atoms with Gasteiger partial charge in [-0.15, -0.1) is 0 Å². The van der Waals surface area contributed by atoms with Crippen LogP contribution in [0.15, 0.2) is 60.9 Å². The van der Waals surface area contributed by atoms with Crippen molar-refractivity contribution in [2.24, 2.45) is 0 Å². The second-order valence-electron chi connectivity index (χ2n) is 7.25. The molecule has 0 saturated carbocycles. The highest BCUT2D eigenvalue weighted by atomic mass is 35.5. The second kappa shape index (κ2) is 8.68. The summed E-state index contributed by atoms with van der Waals surface area (Å²) < 4.78 is 2.11. The van der Waals surface area contributed by atoms with Crippen LogP contribution < -0.4 is 10.2 Å². The molecule has 1 aliphatic heterocycles. The molecular formula is C22H24ClN5O. The van der Waals surface area contributed by atoms with Crippen LogP contribution in [0.1, 0.15) is 5.56 Å². The van der Waals surface area contributed by atoms with E-state index in [-0.39, 0.29) is 5.91 Å². The summed E-state index contributed by atoms with van der Waals surface area (Å²) in [7, 11) is 0. The number of carbonyl (C=O) groups excluding carboxylic acids is 1. The number of nitrogens with one attached hydrogen (secondary N) is 1. The lowest BCUT2D eigenvalue weighted by Crippen LogP contribution is -2.49. The Bertz CT molecular complexity index is 977. The summed E-state index contributed by atoms with van der Waals surface area (Å²) in [6.45, 7) is 5.72. The Morgan fingerprint density at radius 1 is 1.10 bits per heavy atom. The van der Waals surface area contributed by atoms with Gasteiger partial charge in [-0.05, 0) is 37.3 Å². The Labute approximate surface area is 175 Å². The monoisotopic (exact) mass is 409 g/mol. The van der Waals surface area contributed by atoms with Gasteiger partial charge in [0, 0.05) is 55.0 Å². The van der Waals surface area contributed by atoms with Gasteiger partial charge in [0.1, 0.15) is 0 Å². The molecule has 1 aromatic heterocycles. The number of amides is 1. The Hall–Kier alpha value is -2.83. The van der Waals surface area contributed by atoms with Gasteiger partial charge >= 0.3 is 0 Å². The number of hydrogen-bond acceptors (Lipinski definition) is 4. The first kappa shape index (κ1) is 19.5. The highest BCUT2D eigenvalue weighted by molar-refractivity contribution is 6.30. The fourth-order valence-corrected chi connectivity index (χ4v) is 3.70. The molecule has 7 heteroatoms. The van der Waals surface area contributed by atoms with E-state index >= 15 is 0 Å². The Morgan fingerprint density at radius 3 is 2.59 bits per heavy atom. The number of halogens is 1. The number of nitrogens with zero attached hydrogens (tertiary/aromatic N) is 4. The van der Waals surface area contributed by atoms with Gasteiger partial charge in [-0.1, -0.05) is 35.4 Å². The van der Waals surface area contributed by atoms with Crippen LogP contribution in [0, 0.1) is 6.92 Å². The minimum Gasteiger partial charge on any atom is -0.339 e. The predicted molar refractivity (Wildman–Crippen MR) is 117 cm³/mol. The molecule has 1 amide bonds. The smallest absolute Gasteiger partial charge is 0.238 e. The highest BCUT2D eigenvalue weighted by Crippen LogP contribution is 2.20. The number of anilines is 2. The van der Waals surface area contributed by atoms with Crippen molar-refractivity contribution in [3.05, 3.63) is 71.5 Å². The van der Waals surface area contributed by atoms with E-state index in [4.69, 9.17) is 11.6 Å². The third-order valence-corrected chi connectivity index (χ3v) is 5.30. The normalized spacial score (nSPS) is 14.8. The zero-order chi connectivity index (χ0) is 20.2. The Kier molecular flexibility index (Phi) is 5.83. The van der Waals surface area contributed by atoms with E-state index < -0.39 is 0 Å². The van der Waals surface area contributed by atoms with Crippen molar-refractivity contribution in [2.45, 2.75) is 6.92 Å². The molecule has 0 radical (unpaired) electrons. The highest BCUT2D eigenvalue weighted by Gasteiger charge is 2.22. The number of carbonyl (C=O) groups is 1. The molecule has 0 unspecified atom stereocenters. The van der Waals surface area contributed by atoms with Crippen molar-refractivity contribution >= 4 is 29.1 Å². The van der Waals surface area contributed by atoms with Gasteiger partial charge in [0.2, 0.25) is 11.9 Å². The van der Waals surface area contributed by atoms with E-state index in [2.05, 4.69) is 55.9 Å². The number of piperazine rings is 1. The van der Waals surface area contributed by atoms with E-state index in [1.54, 1.807) is 12.1 Å². The van der Waals surface area contributed by atoms with Crippen molar-refractivity contribution in [1.82, 2.24) is 14.5 Å². The minimum absolute atomic E-state index is 0.0260. The molecule has 29 heavy (non-hydrogen) atoms. The summed E-state index contributed by atoms with van der Waals surface area (Å²) >= 11 is 5.97. The third kappa shape index (κ3) is 4.78. The summed E-state index contributed by atoms with van der Waals surface area (Å²) in [4.78, 5) is 21.3. The molecule has 0 atom stereocenters. The molecule has 4 rings (SSSR count). The average molecular weight is 410 g/mol. The standard InChI is InChI=1S/C22H24ClN5O/c1-17-5-7-20(8-6-17)28-10-9-24-22(28)27-13-11-26(12-14-27)16-21(29)25-19-4-2-3-18(23)15-19/h2-10,15H,11-14,16H2,1H3,(H,25,29). The molecule has 6 nitrogen and oxygen atoms in total. The predicted octanol–water partition coefficient (Wildman–Crippen LogP) is 3.59.